The van der Waals surface area contributed by atoms with Crippen LogP contribution in [0.5, 0.6) is 0 Å². The van der Waals surface area contributed by atoms with E-state index in [-0.39, 0.29) is 37.2 Å². The molecule has 0 bridgehead atoms. The Balaban J connectivity index is 1.72. The molecular formula is C28H38FN3O4S. The minimum Gasteiger partial charge on any atom is -0.352 e. The van der Waals surface area contributed by atoms with Gasteiger partial charge in [-0.15, -0.1) is 0 Å². The predicted molar refractivity (Wildman–Crippen MR) is 144 cm³/mol. The number of carbonyl (C=O) groups is 2. The Kier molecular flexibility index (Phi) is 10.1. The minimum atomic E-state index is -3.63. The Morgan fingerprint density at radius 2 is 1.70 bits per heavy atom. The van der Waals surface area contributed by atoms with E-state index in [0.29, 0.717) is 12.2 Å². The maximum atomic E-state index is 13.4. The summed E-state index contributed by atoms with van der Waals surface area (Å²) in [5.41, 5.74) is 2.32. The molecule has 0 unspecified atom stereocenters. The molecule has 0 aliphatic heterocycles. The summed E-state index contributed by atoms with van der Waals surface area (Å²) in [5.74, 6) is -0.847. The van der Waals surface area contributed by atoms with Crippen molar-refractivity contribution in [1.29, 1.82) is 0 Å². The van der Waals surface area contributed by atoms with Crippen molar-refractivity contribution >= 4 is 27.5 Å². The van der Waals surface area contributed by atoms with E-state index in [9.17, 15) is 22.4 Å². The quantitative estimate of drug-likeness (QED) is 0.461. The van der Waals surface area contributed by atoms with Crippen LogP contribution in [0.15, 0.2) is 48.5 Å². The van der Waals surface area contributed by atoms with E-state index in [1.165, 1.54) is 35.0 Å². The average Bonchev–Trinajstić information content (AvgIpc) is 2.86. The van der Waals surface area contributed by atoms with E-state index >= 15 is 0 Å². The van der Waals surface area contributed by atoms with E-state index in [0.717, 1.165) is 43.1 Å². The third-order valence-electron chi connectivity index (χ3n) is 6.99. The molecule has 0 heterocycles. The summed E-state index contributed by atoms with van der Waals surface area (Å²) in [6, 6.07) is 12.4. The number of rotatable bonds is 11. The molecule has 1 N–H and O–H groups in total. The van der Waals surface area contributed by atoms with Crippen LogP contribution < -0.4 is 9.62 Å². The summed E-state index contributed by atoms with van der Waals surface area (Å²) in [6.07, 6.45) is 6.68. The van der Waals surface area contributed by atoms with Crippen molar-refractivity contribution in [3.63, 3.8) is 0 Å². The molecule has 0 radical (unpaired) electrons. The van der Waals surface area contributed by atoms with Crippen molar-refractivity contribution in [2.45, 2.75) is 77.4 Å². The number of hydrogen-bond acceptors (Lipinski definition) is 4. The molecule has 0 saturated heterocycles. The van der Waals surface area contributed by atoms with Gasteiger partial charge in [0.05, 0.1) is 11.9 Å². The van der Waals surface area contributed by atoms with Crippen LogP contribution >= 0.6 is 0 Å². The number of amides is 2. The van der Waals surface area contributed by atoms with Crippen LogP contribution in [-0.2, 0) is 26.2 Å². The fraction of sp³-hybridized carbons (Fsp3) is 0.500. The highest BCUT2D eigenvalue weighted by Crippen LogP contribution is 2.21. The van der Waals surface area contributed by atoms with Gasteiger partial charge in [-0.25, -0.2) is 12.8 Å². The van der Waals surface area contributed by atoms with Crippen molar-refractivity contribution < 1.29 is 22.4 Å². The van der Waals surface area contributed by atoms with Gasteiger partial charge in [-0.2, -0.15) is 0 Å². The van der Waals surface area contributed by atoms with Gasteiger partial charge in [-0.05, 0) is 68.5 Å². The Morgan fingerprint density at radius 3 is 2.32 bits per heavy atom. The van der Waals surface area contributed by atoms with Gasteiger partial charge in [0.25, 0.3) is 0 Å². The first-order valence-corrected chi connectivity index (χ1v) is 14.8. The molecule has 1 aliphatic carbocycles. The largest absolute Gasteiger partial charge is 0.352 e. The van der Waals surface area contributed by atoms with Crippen molar-refractivity contribution in [3.05, 3.63) is 65.5 Å². The van der Waals surface area contributed by atoms with Gasteiger partial charge in [-0.3, -0.25) is 13.9 Å². The molecule has 202 valence electrons. The smallest absolute Gasteiger partial charge is 0.242 e. The Morgan fingerprint density at radius 1 is 1.05 bits per heavy atom. The highest BCUT2D eigenvalue weighted by molar-refractivity contribution is 7.92. The maximum Gasteiger partial charge on any atom is 0.242 e. The highest BCUT2D eigenvalue weighted by atomic mass is 32.2. The van der Waals surface area contributed by atoms with Gasteiger partial charge < -0.3 is 10.2 Å². The van der Waals surface area contributed by atoms with Crippen LogP contribution in [0.2, 0.25) is 0 Å². The van der Waals surface area contributed by atoms with Gasteiger partial charge >= 0.3 is 0 Å². The van der Waals surface area contributed by atoms with Crippen molar-refractivity contribution in [2.24, 2.45) is 0 Å². The normalized spacial score (nSPS) is 15.1. The van der Waals surface area contributed by atoms with Crippen LogP contribution in [0, 0.1) is 12.7 Å². The van der Waals surface area contributed by atoms with E-state index < -0.39 is 21.9 Å². The zero-order valence-electron chi connectivity index (χ0n) is 22.0. The summed E-state index contributed by atoms with van der Waals surface area (Å²) in [4.78, 5) is 28.2. The lowest BCUT2D eigenvalue weighted by atomic mass is 9.95. The molecule has 2 aromatic rings. The molecular weight excluding hydrogens is 493 g/mol. The number of sulfonamides is 1. The van der Waals surface area contributed by atoms with E-state index in [4.69, 9.17) is 0 Å². The first-order chi connectivity index (χ1) is 17.6. The summed E-state index contributed by atoms with van der Waals surface area (Å²) in [6.45, 7) is 4.07. The predicted octanol–water partition coefficient (Wildman–Crippen LogP) is 4.55. The number of carbonyl (C=O) groups excluding carboxylic acids is 2. The fourth-order valence-electron chi connectivity index (χ4n) is 4.73. The number of aryl methyl sites for hydroxylation is 1. The van der Waals surface area contributed by atoms with Crippen LogP contribution in [0.1, 0.15) is 63.0 Å². The van der Waals surface area contributed by atoms with Crippen molar-refractivity contribution in [1.82, 2.24) is 10.2 Å². The van der Waals surface area contributed by atoms with Gasteiger partial charge in [0.2, 0.25) is 21.8 Å². The summed E-state index contributed by atoms with van der Waals surface area (Å²) in [7, 11) is -3.63. The Bertz CT molecular complexity index is 1160. The fourth-order valence-corrected chi connectivity index (χ4v) is 5.70. The third-order valence-corrected chi connectivity index (χ3v) is 8.18. The van der Waals surface area contributed by atoms with Crippen LogP contribution in [0.3, 0.4) is 0 Å². The SMILES string of the molecule is Cc1ccccc1CN(C(=O)CCCN(c1ccc(F)cc1)S(C)(=O)=O)[C@H](C)C(=O)NC1CCCCC1. The van der Waals surface area contributed by atoms with Crippen molar-refractivity contribution in [2.75, 3.05) is 17.1 Å². The van der Waals surface area contributed by atoms with Crippen LogP contribution in [0.4, 0.5) is 10.1 Å². The topological polar surface area (TPSA) is 86.8 Å². The second-order valence-corrected chi connectivity index (χ2v) is 11.8. The molecule has 1 atom stereocenters. The van der Waals surface area contributed by atoms with E-state index in [1.807, 2.05) is 31.2 Å². The molecule has 2 amide bonds. The zero-order valence-corrected chi connectivity index (χ0v) is 22.8. The number of anilines is 1. The van der Waals surface area contributed by atoms with E-state index in [1.54, 1.807) is 11.8 Å². The monoisotopic (exact) mass is 531 g/mol. The number of halogens is 1. The lowest BCUT2D eigenvalue weighted by molar-refractivity contribution is -0.141. The highest BCUT2D eigenvalue weighted by Gasteiger charge is 2.28. The molecule has 1 aliphatic rings. The standard InChI is InChI=1S/C28H38FN3O4S/c1-21-10-7-8-11-23(21)20-31(22(2)28(34)30-25-12-5-4-6-13-25)27(33)14-9-19-32(37(3,35)36)26-17-15-24(29)16-18-26/h7-8,10-11,15-18,22,25H,4-6,9,12-14,19-20H2,1-3H3,(H,30,34)/t22-/m1/s1. The maximum absolute atomic E-state index is 13.4. The minimum absolute atomic E-state index is 0.0665. The lowest BCUT2D eigenvalue weighted by Gasteiger charge is -2.32. The van der Waals surface area contributed by atoms with Gasteiger partial charge in [0.15, 0.2) is 0 Å². The van der Waals surface area contributed by atoms with Crippen molar-refractivity contribution in [3.8, 4) is 0 Å². The second kappa shape index (κ2) is 13.0. The summed E-state index contributed by atoms with van der Waals surface area (Å²) >= 11 is 0. The number of nitrogens with zero attached hydrogens (tertiary/aromatic N) is 2. The molecule has 0 spiro atoms. The Labute approximate surface area is 220 Å². The molecule has 1 saturated carbocycles. The molecule has 37 heavy (non-hydrogen) atoms. The summed E-state index contributed by atoms with van der Waals surface area (Å²) < 4.78 is 39.3. The third kappa shape index (κ3) is 8.28. The second-order valence-electron chi connectivity index (χ2n) is 9.88. The number of hydrogen-bond donors (Lipinski definition) is 1. The zero-order chi connectivity index (χ0) is 27.0. The summed E-state index contributed by atoms with van der Waals surface area (Å²) in [5, 5.41) is 3.12. The molecule has 0 aromatic heterocycles. The van der Waals surface area contributed by atoms with Crippen LogP contribution in [0.25, 0.3) is 0 Å². The number of benzene rings is 2. The first kappa shape index (κ1) is 28.6. The van der Waals surface area contributed by atoms with Gasteiger partial charge in [0.1, 0.15) is 11.9 Å². The molecule has 2 aromatic carbocycles. The van der Waals surface area contributed by atoms with Gasteiger partial charge in [0, 0.05) is 25.6 Å². The molecule has 9 heteroatoms. The molecule has 1 fully saturated rings. The number of nitrogens with one attached hydrogen (secondary N) is 1. The molecule has 7 nitrogen and oxygen atoms in total. The first-order valence-electron chi connectivity index (χ1n) is 12.9. The average molecular weight is 532 g/mol. The lowest BCUT2D eigenvalue weighted by Crippen LogP contribution is -2.50. The van der Waals surface area contributed by atoms with Crippen LogP contribution in [-0.4, -0.2) is 50.0 Å². The van der Waals surface area contributed by atoms with E-state index in [2.05, 4.69) is 5.32 Å². The Hall–Kier alpha value is -2.94. The molecule has 3 rings (SSSR count). The van der Waals surface area contributed by atoms with Gasteiger partial charge in [-0.1, -0.05) is 43.5 Å².